The first-order valence-corrected chi connectivity index (χ1v) is 9.86. The molecule has 0 spiro atoms. The van der Waals surface area contributed by atoms with E-state index in [0.717, 1.165) is 27.7 Å². The van der Waals surface area contributed by atoms with E-state index in [0.29, 0.717) is 12.3 Å². The number of amides is 1. The van der Waals surface area contributed by atoms with Crippen LogP contribution in [0.2, 0.25) is 0 Å². The number of hydrogen-bond donors (Lipinski definition) is 0. The van der Waals surface area contributed by atoms with Gasteiger partial charge >= 0.3 is 0 Å². The van der Waals surface area contributed by atoms with Crippen molar-refractivity contribution < 1.29 is 9.53 Å². The van der Waals surface area contributed by atoms with Crippen LogP contribution in [0, 0.1) is 0 Å². The molecule has 0 unspecified atom stereocenters. The van der Waals surface area contributed by atoms with Crippen LogP contribution in [-0.4, -0.2) is 28.6 Å². The average molecular weight is 397 g/mol. The molecule has 0 N–H and O–H groups in total. The maximum absolute atomic E-state index is 13.1. The van der Waals surface area contributed by atoms with E-state index in [4.69, 9.17) is 4.74 Å². The van der Waals surface area contributed by atoms with Gasteiger partial charge in [0.05, 0.1) is 17.7 Å². The summed E-state index contributed by atoms with van der Waals surface area (Å²) in [5, 5.41) is 2.15. The molecule has 5 heteroatoms. The molecule has 30 heavy (non-hydrogen) atoms. The van der Waals surface area contributed by atoms with E-state index >= 15 is 0 Å². The van der Waals surface area contributed by atoms with Crippen molar-refractivity contribution in [3.63, 3.8) is 0 Å². The van der Waals surface area contributed by atoms with Crippen molar-refractivity contribution in [2.45, 2.75) is 6.92 Å². The smallest absolute Gasteiger partial charge is 0.264 e. The molecule has 1 aromatic heterocycles. The third-order valence-electron chi connectivity index (χ3n) is 5.04. The second kappa shape index (κ2) is 8.66. The van der Waals surface area contributed by atoms with Crippen LogP contribution in [-0.2, 0) is 4.79 Å². The third kappa shape index (κ3) is 3.82. The zero-order chi connectivity index (χ0) is 20.9. The van der Waals surface area contributed by atoms with E-state index in [2.05, 4.69) is 11.6 Å². The number of fused-ring (bicyclic) bond motifs is 1. The number of anilines is 1. The number of rotatable bonds is 7. The minimum atomic E-state index is -0.100. The number of carbonyl (C=O) groups excluding carboxylic acids is 1. The van der Waals surface area contributed by atoms with Gasteiger partial charge in [0.1, 0.15) is 5.75 Å². The Labute approximate surface area is 175 Å². The molecule has 0 aliphatic heterocycles. The van der Waals surface area contributed by atoms with Gasteiger partial charge in [0.2, 0.25) is 0 Å². The van der Waals surface area contributed by atoms with Crippen LogP contribution in [0.25, 0.3) is 16.5 Å². The first-order chi connectivity index (χ1) is 14.7. The third-order valence-corrected chi connectivity index (χ3v) is 5.04. The lowest BCUT2D eigenvalue weighted by atomic mass is 10.1. The van der Waals surface area contributed by atoms with Crippen molar-refractivity contribution >= 4 is 28.1 Å². The number of nitrogens with zero attached hydrogens (tertiary/aromatic N) is 3. The van der Waals surface area contributed by atoms with Crippen LogP contribution in [0.5, 0.6) is 5.75 Å². The number of likely N-dealkylation sites (N-methyl/N-ethyl adjacent to an activating group) is 1. The number of hydrogen-bond acceptors (Lipinski definition) is 3. The summed E-state index contributed by atoms with van der Waals surface area (Å²) >= 11 is 0. The highest BCUT2D eigenvalue weighted by molar-refractivity contribution is 6.04. The summed E-state index contributed by atoms with van der Waals surface area (Å²) in [6.07, 6.45) is 5.20. The molecule has 1 heterocycles. The number of imidazole rings is 1. The zero-order valence-electron chi connectivity index (χ0n) is 16.9. The molecule has 1 amide bonds. The summed E-state index contributed by atoms with van der Waals surface area (Å²) in [7, 11) is 0. The van der Waals surface area contributed by atoms with Gasteiger partial charge in [-0.05, 0) is 30.5 Å². The van der Waals surface area contributed by atoms with E-state index in [1.54, 1.807) is 17.4 Å². The molecule has 3 aromatic carbocycles. The Bertz CT molecular complexity index is 1180. The molecule has 150 valence electrons. The van der Waals surface area contributed by atoms with Crippen molar-refractivity contribution in [2.75, 3.05) is 18.1 Å². The molecule has 0 aliphatic carbocycles. The molecule has 4 rings (SSSR count). The van der Waals surface area contributed by atoms with Crippen molar-refractivity contribution in [1.82, 2.24) is 9.55 Å². The van der Waals surface area contributed by atoms with E-state index in [9.17, 15) is 4.79 Å². The standard InChI is InChI=1S/C25H23N3O2/c1-3-28(23-13-8-10-20-9-4-5-12-22(20)23)25(29)17-30-24-14-7-6-11-21(24)19(2)27-16-15-26-18-27/h4-16,18H,2-3,17H2,1H3. The fraction of sp³-hybridized carbons (Fsp3) is 0.120. The Morgan fingerprint density at radius 3 is 2.63 bits per heavy atom. The molecular formula is C25H23N3O2. The van der Waals surface area contributed by atoms with Crippen molar-refractivity contribution in [2.24, 2.45) is 0 Å². The van der Waals surface area contributed by atoms with Crippen LogP contribution < -0.4 is 9.64 Å². The summed E-state index contributed by atoms with van der Waals surface area (Å²) in [4.78, 5) is 18.9. The van der Waals surface area contributed by atoms with Crippen LogP contribution in [0.15, 0.2) is 92.0 Å². The predicted molar refractivity (Wildman–Crippen MR) is 121 cm³/mol. The molecule has 0 aliphatic rings. The summed E-state index contributed by atoms with van der Waals surface area (Å²) in [5.41, 5.74) is 2.44. The van der Waals surface area contributed by atoms with E-state index in [1.807, 2.05) is 84.4 Å². The molecule has 5 nitrogen and oxygen atoms in total. The Morgan fingerprint density at radius 2 is 1.83 bits per heavy atom. The summed E-state index contributed by atoms with van der Waals surface area (Å²) in [5.74, 6) is 0.510. The summed E-state index contributed by atoms with van der Waals surface area (Å²) in [6, 6.07) is 21.6. The van der Waals surface area contributed by atoms with Crippen LogP contribution >= 0.6 is 0 Å². The quantitative estimate of drug-likeness (QED) is 0.441. The normalized spacial score (nSPS) is 10.7. The Hall–Kier alpha value is -3.86. The molecule has 0 bridgehead atoms. The van der Waals surface area contributed by atoms with Crippen LogP contribution in [0.1, 0.15) is 12.5 Å². The molecule has 0 fully saturated rings. The fourth-order valence-corrected chi connectivity index (χ4v) is 3.53. The van der Waals surface area contributed by atoms with Crippen LogP contribution in [0.4, 0.5) is 5.69 Å². The zero-order valence-corrected chi connectivity index (χ0v) is 16.9. The van der Waals surface area contributed by atoms with E-state index in [-0.39, 0.29) is 12.5 Å². The summed E-state index contributed by atoms with van der Waals surface area (Å²) < 4.78 is 7.77. The van der Waals surface area contributed by atoms with Gasteiger partial charge in [-0.3, -0.25) is 4.79 Å². The maximum atomic E-state index is 13.1. The highest BCUT2D eigenvalue weighted by Crippen LogP contribution is 2.28. The lowest BCUT2D eigenvalue weighted by Gasteiger charge is -2.23. The Kier molecular flexibility index (Phi) is 5.61. The Morgan fingerprint density at radius 1 is 1.07 bits per heavy atom. The van der Waals surface area contributed by atoms with E-state index < -0.39 is 0 Å². The lowest BCUT2D eigenvalue weighted by molar-refractivity contribution is -0.120. The number of para-hydroxylation sites is 1. The number of carbonyl (C=O) groups is 1. The molecular weight excluding hydrogens is 374 g/mol. The fourth-order valence-electron chi connectivity index (χ4n) is 3.53. The summed E-state index contributed by atoms with van der Waals surface area (Å²) in [6.45, 7) is 6.59. The second-order valence-corrected chi connectivity index (χ2v) is 6.84. The highest BCUT2D eigenvalue weighted by Gasteiger charge is 2.18. The molecule has 0 saturated carbocycles. The van der Waals surface area contributed by atoms with Gasteiger partial charge in [-0.15, -0.1) is 0 Å². The average Bonchev–Trinajstić information content (AvgIpc) is 3.33. The molecule has 0 atom stereocenters. The van der Waals surface area contributed by atoms with Gasteiger partial charge in [0.15, 0.2) is 6.61 Å². The number of benzene rings is 3. The second-order valence-electron chi connectivity index (χ2n) is 6.84. The van der Waals surface area contributed by atoms with Crippen LogP contribution in [0.3, 0.4) is 0 Å². The first kappa shape index (κ1) is 19.5. The SMILES string of the molecule is C=C(c1ccccc1OCC(=O)N(CC)c1cccc2ccccc12)n1ccnc1. The molecule has 0 radical (unpaired) electrons. The Balaban J connectivity index is 1.55. The molecule has 4 aromatic rings. The van der Waals surface area contributed by atoms with E-state index in [1.165, 1.54) is 0 Å². The number of ether oxygens (including phenoxy) is 1. The van der Waals surface area contributed by atoms with Crippen molar-refractivity contribution in [3.8, 4) is 5.75 Å². The van der Waals surface area contributed by atoms with Gasteiger partial charge in [0.25, 0.3) is 5.91 Å². The van der Waals surface area contributed by atoms with Gasteiger partial charge in [-0.25, -0.2) is 4.98 Å². The van der Waals surface area contributed by atoms with Gasteiger partial charge in [-0.2, -0.15) is 0 Å². The van der Waals surface area contributed by atoms with Gasteiger partial charge < -0.3 is 14.2 Å². The largest absolute Gasteiger partial charge is 0.483 e. The van der Waals surface area contributed by atoms with Crippen molar-refractivity contribution in [3.05, 3.63) is 97.6 Å². The number of aromatic nitrogens is 2. The monoisotopic (exact) mass is 397 g/mol. The van der Waals surface area contributed by atoms with Crippen molar-refractivity contribution in [1.29, 1.82) is 0 Å². The first-order valence-electron chi connectivity index (χ1n) is 9.86. The maximum Gasteiger partial charge on any atom is 0.264 e. The van der Waals surface area contributed by atoms with Gasteiger partial charge in [-0.1, -0.05) is 55.1 Å². The minimum Gasteiger partial charge on any atom is -0.483 e. The lowest BCUT2D eigenvalue weighted by Crippen LogP contribution is -2.35. The van der Waals surface area contributed by atoms with Gasteiger partial charge in [0, 0.05) is 29.9 Å². The minimum absolute atomic E-state index is 0.0642. The predicted octanol–water partition coefficient (Wildman–Crippen LogP) is 4.99. The topological polar surface area (TPSA) is 47.4 Å². The molecule has 0 saturated heterocycles. The highest BCUT2D eigenvalue weighted by atomic mass is 16.5.